The van der Waals surface area contributed by atoms with Gasteiger partial charge >= 0.3 is 6.03 Å². The molecule has 4 rings (SSSR count). The maximum atomic E-state index is 13.2. The van der Waals surface area contributed by atoms with Crippen molar-refractivity contribution >= 4 is 33.3 Å². The van der Waals surface area contributed by atoms with Gasteiger partial charge in [-0.1, -0.05) is 23.7 Å². The van der Waals surface area contributed by atoms with Crippen molar-refractivity contribution in [1.82, 2.24) is 14.9 Å². The van der Waals surface area contributed by atoms with Gasteiger partial charge in [-0.05, 0) is 42.0 Å². The van der Waals surface area contributed by atoms with E-state index in [1.54, 1.807) is 41.4 Å². The zero-order valence-electron chi connectivity index (χ0n) is 16.8. The largest absolute Gasteiger partial charge is 0.437 e. The molecule has 3 aromatic rings. The SMILES string of the molecule is NS(=O)(=O)CCN1CC(c2cccc(Oc3cnccn3)c2)N(c2ccc(Cl)cc2)C1=O. The molecule has 166 valence electrons. The van der Waals surface area contributed by atoms with Gasteiger partial charge in [0.25, 0.3) is 0 Å². The zero-order chi connectivity index (χ0) is 22.7. The predicted molar refractivity (Wildman–Crippen MR) is 120 cm³/mol. The lowest BCUT2D eigenvalue weighted by Crippen LogP contribution is -2.36. The van der Waals surface area contributed by atoms with Gasteiger partial charge in [0.05, 0.1) is 18.0 Å². The molecule has 2 heterocycles. The van der Waals surface area contributed by atoms with E-state index in [0.717, 1.165) is 5.56 Å². The van der Waals surface area contributed by atoms with Crippen LogP contribution in [0.1, 0.15) is 11.6 Å². The summed E-state index contributed by atoms with van der Waals surface area (Å²) in [7, 11) is -3.71. The lowest BCUT2D eigenvalue weighted by Gasteiger charge is -2.24. The second-order valence-corrected chi connectivity index (χ2v) is 9.35. The molecule has 1 atom stereocenters. The third kappa shape index (κ3) is 5.16. The Hall–Kier alpha value is -3.21. The fraction of sp³-hybridized carbons (Fsp3) is 0.190. The number of hydrogen-bond acceptors (Lipinski definition) is 6. The molecule has 1 unspecified atom stereocenters. The Balaban J connectivity index is 1.65. The summed E-state index contributed by atoms with van der Waals surface area (Å²) in [5, 5.41) is 5.68. The Labute approximate surface area is 190 Å². The molecule has 1 aliphatic rings. The van der Waals surface area contributed by atoms with E-state index in [1.807, 2.05) is 18.2 Å². The van der Waals surface area contributed by atoms with E-state index < -0.39 is 10.0 Å². The fourth-order valence-corrected chi connectivity index (χ4v) is 4.07. The Kier molecular flexibility index (Phi) is 6.26. The lowest BCUT2D eigenvalue weighted by molar-refractivity contribution is 0.223. The van der Waals surface area contributed by atoms with Crippen LogP contribution in [0.15, 0.2) is 67.1 Å². The number of nitrogens with two attached hydrogens (primary N) is 1. The van der Waals surface area contributed by atoms with Crippen LogP contribution < -0.4 is 14.8 Å². The predicted octanol–water partition coefficient (Wildman–Crippen LogP) is 3.19. The molecule has 0 bridgehead atoms. The van der Waals surface area contributed by atoms with Crippen molar-refractivity contribution < 1.29 is 17.9 Å². The van der Waals surface area contributed by atoms with Crippen molar-refractivity contribution in [2.75, 3.05) is 23.7 Å². The van der Waals surface area contributed by atoms with Gasteiger partial charge in [-0.15, -0.1) is 0 Å². The van der Waals surface area contributed by atoms with Crippen LogP contribution in [0.3, 0.4) is 0 Å². The number of urea groups is 1. The minimum atomic E-state index is -3.71. The summed E-state index contributed by atoms with van der Waals surface area (Å²) in [6, 6.07) is 13.5. The van der Waals surface area contributed by atoms with Gasteiger partial charge in [-0.2, -0.15) is 0 Å². The highest BCUT2D eigenvalue weighted by Gasteiger charge is 2.39. The van der Waals surface area contributed by atoms with Crippen LogP contribution in [0.2, 0.25) is 5.02 Å². The van der Waals surface area contributed by atoms with Gasteiger partial charge < -0.3 is 9.64 Å². The van der Waals surface area contributed by atoms with Crippen molar-refractivity contribution in [3.8, 4) is 11.6 Å². The third-order valence-corrected chi connectivity index (χ3v) is 5.94. The highest BCUT2D eigenvalue weighted by Crippen LogP contribution is 2.36. The fourth-order valence-electron chi connectivity index (χ4n) is 3.47. The summed E-state index contributed by atoms with van der Waals surface area (Å²) in [6.45, 7) is 0.277. The van der Waals surface area contributed by atoms with Crippen LogP contribution in [0, 0.1) is 0 Å². The zero-order valence-corrected chi connectivity index (χ0v) is 18.4. The smallest absolute Gasteiger partial charge is 0.325 e. The van der Waals surface area contributed by atoms with E-state index in [4.69, 9.17) is 21.5 Å². The van der Waals surface area contributed by atoms with E-state index >= 15 is 0 Å². The van der Waals surface area contributed by atoms with Crippen LogP contribution in [0.4, 0.5) is 10.5 Å². The van der Waals surface area contributed by atoms with Gasteiger partial charge in [0.15, 0.2) is 0 Å². The highest BCUT2D eigenvalue weighted by atomic mass is 35.5. The van der Waals surface area contributed by atoms with E-state index in [1.165, 1.54) is 17.3 Å². The summed E-state index contributed by atoms with van der Waals surface area (Å²) in [6.07, 6.45) is 4.58. The monoisotopic (exact) mass is 473 g/mol. The minimum absolute atomic E-state index is 0.00590. The van der Waals surface area contributed by atoms with E-state index in [-0.39, 0.29) is 30.9 Å². The molecular formula is C21H20ClN5O4S. The second-order valence-electron chi connectivity index (χ2n) is 7.18. The summed E-state index contributed by atoms with van der Waals surface area (Å²) < 4.78 is 28.7. The number of rotatable bonds is 7. The summed E-state index contributed by atoms with van der Waals surface area (Å²) in [4.78, 5) is 24.4. The number of amides is 2. The maximum absolute atomic E-state index is 13.2. The number of sulfonamides is 1. The Morgan fingerprint density at radius 3 is 2.62 bits per heavy atom. The molecule has 0 aliphatic carbocycles. The third-order valence-electron chi connectivity index (χ3n) is 4.94. The molecule has 0 saturated carbocycles. The molecule has 0 radical (unpaired) electrons. The molecule has 2 amide bonds. The lowest BCUT2D eigenvalue weighted by atomic mass is 10.1. The molecular weight excluding hydrogens is 454 g/mol. The molecule has 1 fully saturated rings. The number of ether oxygens (including phenoxy) is 1. The number of halogens is 1. The standard InChI is InChI=1S/C21H20ClN5O4S/c22-16-4-6-17(7-5-16)27-19(14-26(21(27)28)10-11-32(23,29)30)15-2-1-3-18(12-15)31-20-13-24-8-9-25-20/h1-9,12-13,19H,10-11,14H2,(H2,23,29,30). The number of hydrogen-bond donors (Lipinski definition) is 1. The highest BCUT2D eigenvalue weighted by molar-refractivity contribution is 7.89. The normalized spacial score (nSPS) is 16.4. The van der Waals surface area contributed by atoms with Crippen molar-refractivity contribution in [3.63, 3.8) is 0 Å². The van der Waals surface area contributed by atoms with Crippen LogP contribution in [0.25, 0.3) is 0 Å². The summed E-state index contributed by atoms with van der Waals surface area (Å²) in [5.74, 6) is 0.557. The first kappa shape index (κ1) is 22.0. The average Bonchev–Trinajstić information content (AvgIpc) is 3.10. The van der Waals surface area contributed by atoms with E-state index in [0.29, 0.717) is 22.3 Å². The van der Waals surface area contributed by atoms with Crippen molar-refractivity contribution in [2.45, 2.75) is 6.04 Å². The molecule has 1 aliphatic heterocycles. The summed E-state index contributed by atoms with van der Waals surface area (Å²) >= 11 is 6.01. The number of benzene rings is 2. The quantitative estimate of drug-likeness (QED) is 0.562. The Morgan fingerprint density at radius 1 is 1.16 bits per heavy atom. The molecule has 11 heteroatoms. The molecule has 2 N–H and O–H groups in total. The topological polar surface area (TPSA) is 119 Å². The first-order chi connectivity index (χ1) is 15.3. The molecule has 9 nitrogen and oxygen atoms in total. The van der Waals surface area contributed by atoms with E-state index in [9.17, 15) is 13.2 Å². The minimum Gasteiger partial charge on any atom is -0.437 e. The molecule has 0 spiro atoms. The Morgan fingerprint density at radius 2 is 1.94 bits per heavy atom. The maximum Gasteiger partial charge on any atom is 0.325 e. The number of aromatic nitrogens is 2. The second kappa shape index (κ2) is 9.11. The van der Waals surface area contributed by atoms with Gasteiger partial charge in [0.2, 0.25) is 15.9 Å². The molecule has 1 aromatic heterocycles. The number of carbonyl (C=O) groups is 1. The number of carbonyl (C=O) groups excluding carboxylic acids is 1. The summed E-state index contributed by atoms with van der Waals surface area (Å²) in [5.41, 5.74) is 1.45. The molecule has 1 saturated heterocycles. The van der Waals surface area contributed by atoms with Crippen molar-refractivity contribution in [3.05, 3.63) is 77.7 Å². The molecule has 32 heavy (non-hydrogen) atoms. The van der Waals surface area contributed by atoms with Gasteiger partial charge in [-0.25, -0.2) is 23.3 Å². The van der Waals surface area contributed by atoms with Crippen LogP contribution in [0.5, 0.6) is 11.6 Å². The molecule has 2 aromatic carbocycles. The number of anilines is 1. The van der Waals surface area contributed by atoms with Crippen molar-refractivity contribution in [2.24, 2.45) is 5.14 Å². The van der Waals surface area contributed by atoms with Gasteiger partial charge in [-0.3, -0.25) is 9.88 Å². The first-order valence-electron chi connectivity index (χ1n) is 9.68. The number of primary sulfonamides is 1. The van der Waals surface area contributed by atoms with Crippen LogP contribution in [-0.4, -0.2) is 48.2 Å². The van der Waals surface area contributed by atoms with Crippen LogP contribution in [-0.2, 0) is 10.0 Å². The van der Waals surface area contributed by atoms with Crippen molar-refractivity contribution in [1.29, 1.82) is 0 Å². The van der Waals surface area contributed by atoms with E-state index in [2.05, 4.69) is 9.97 Å². The van der Waals surface area contributed by atoms with Crippen LogP contribution >= 0.6 is 11.6 Å². The first-order valence-corrected chi connectivity index (χ1v) is 11.8. The number of nitrogens with zero attached hydrogens (tertiary/aromatic N) is 4. The van der Waals surface area contributed by atoms with Gasteiger partial charge in [0, 0.05) is 36.2 Å². The average molecular weight is 474 g/mol. The Bertz CT molecular complexity index is 1210. The van der Waals surface area contributed by atoms with Gasteiger partial charge in [0.1, 0.15) is 5.75 Å².